The molecule has 0 heterocycles. The highest BCUT2D eigenvalue weighted by Crippen LogP contribution is 2.48. The topological polar surface area (TPSA) is 37.3 Å². The number of rotatable bonds is 3. The summed E-state index contributed by atoms with van der Waals surface area (Å²) in [6.07, 6.45) is 13.2. The van der Waals surface area contributed by atoms with Gasteiger partial charge in [0, 0.05) is 5.41 Å². The molecule has 0 aromatic rings. The van der Waals surface area contributed by atoms with Crippen molar-refractivity contribution in [3.8, 4) is 0 Å². The van der Waals surface area contributed by atoms with Gasteiger partial charge in [-0.05, 0) is 31.6 Å². The Hall–Kier alpha value is -0.790. The second kappa shape index (κ2) is 4.38. The molecule has 0 radical (unpaired) electrons. The fraction of sp³-hybridized carbons (Fsp3) is 0.769. The number of hydrogen-bond acceptors (Lipinski definition) is 1. The summed E-state index contributed by atoms with van der Waals surface area (Å²) in [5.74, 6) is -0.00627. The first kappa shape index (κ1) is 10.7. The van der Waals surface area contributed by atoms with Crippen molar-refractivity contribution in [1.29, 1.82) is 0 Å². The monoisotopic (exact) mass is 208 g/mol. The van der Waals surface area contributed by atoms with Crippen LogP contribution >= 0.6 is 0 Å². The van der Waals surface area contributed by atoms with E-state index < -0.39 is 5.97 Å². The Bertz CT molecular complexity index is 264. The van der Waals surface area contributed by atoms with Crippen LogP contribution in [0.15, 0.2) is 12.2 Å². The third-order valence-corrected chi connectivity index (χ3v) is 4.12. The minimum atomic E-state index is -0.632. The van der Waals surface area contributed by atoms with E-state index in [9.17, 15) is 4.79 Å². The quantitative estimate of drug-likeness (QED) is 0.722. The van der Waals surface area contributed by atoms with Crippen molar-refractivity contribution in [2.75, 3.05) is 0 Å². The molecule has 0 saturated heterocycles. The maximum absolute atomic E-state index is 11.0. The lowest BCUT2D eigenvalue weighted by molar-refractivity contribution is -0.140. The lowest BCUT2D eigenvalue weighted by Crippen LogP contribution is -2.31. The van der Waals surface area contributed by atoms with Gasteiger partial charge in [0.2, 0.25) is 0 Å². The summed E-state index contributed by atoms with van der Waals surface area (Å²) in [5, 5.41) is 9.04. The average molecular weight is 208 g/mol. The first-order valence-electron chi connectivity index (χ1n) is 6.12. The number of aliphatic carboxylic acids is 1. The first-order chi connectivity index (χ1) is 7.23. The van der Waals surface area contributed by atoms with Gasteiger partial charge in [-0.15, -0.1) is 0 Å². The SMILES string of the molecule is O=C(O)CC1(C2CCCCC2)C=CCC1. The molecule has 2 heteroatoms. The number of carboxylic acids is 1. The van der Waals surface area contributed by atoms with Crippen molar-refractivity contribution in [3.05, 3.63) is 12.2 Å². The van der Waals surface area contributed by atoms with Gasteiger partial charge in [-0.2, -0.15) is 0 Å². The summed E-state index contributed by atoms with van der Waals surface area (Å²) in [6.45, 7) is 0. The zero-order chi connectivity index (χ0) is 10.7. The summed E-state index contributed by atoms with van der Waals surface area (Å²) in [5.41, 5.74) is 0.00620. The van der Waals surface area contributed by atoms with Crippen molar-refractivity contribution < 1.29 is 9.90 Å². The number of allylic oxidation sites excluding steroid dienone is 2. The van der Waals surface area contributed by atoms with E-state index in [1.165, 1.54) is 32.1 Å². The molecule has 0 spiro atoms. The minimum Gasteiger partial charge on any atom is -0.481 e. The predicted octanol–water partition coefficient (Wildman–Crippen LogP) is 3.38. The molecule has 1 atom stereocenters. The van der Waals surface area contributed by atoms with Gasteiger partial charge in [0.1, 0.15) is 0 Å². The molecule has 0 amide bonds. The van der Waals surface area contributed by atoms with Gasteiger partial charge in [0.25, 0.3) is 0 Å². The van der Waals surface area contributed by atoms with Crippen molar-refractivity contribution in [1.82, 2.24) is 0 Å². The van der Waals surface area contributed by atoms with E-state index in [-0.39, 0.29) is 5.41 Å². The van der Waals surface area contributed by atoms with Gasteiger partial charge in [-0.25, -0.2) is 0 Å². The van der Waals surface area contributed by atoms with Crippen molar-refractivity contribution in [2.45, 2.75) is 51.4 Å². The summed E-state index contributed by atoms with van der Waals surface area (Å²) in [4.78, 5) is 11.0. The largest absolute Gasteiger partial charge is 0.481 e. The molecule has 2 rings (SSSR count). The highest BCUT2D eigenvalue weighted by molar-refractivity contribution is 5.68. The number of carboxylic acid groups (broad SMARTS) is 1. The Balaban J connectivity index is 2.10. The van der Waals surface area contributed by atoms with E-state index in [1.807, 2.05) is 0 Å². The molecule has 2 aliphatic rings. The molecule has 0 aliphatic heterocycles. The molecule has 1 unspecified atom stereocenters. The van der Waals surface area contributed by atoms with Crippen LogP contribution in [0.4, 0.5) is 0 Å². The normalized spacial score (nSPS) is 32.0. The Morgan fingerprint density at radius 1 is 1.33 bits per heavy atom. The van der Waals surface area contributed by atoms with Crippen LogP contribution in [0.3, 0.4) is 0 Å². The first-order valence-corrected chi connectivity index (χ1v) is 6.12. The van der Waals surface area contributed by atoms with Crippen LogP contribution in [0.1, 0.15) is 51.4 Å². The summed E-state index contributed by atoms with van der Waals surface area (Å²) in [6, 6.07) is 0. The van der Waals surface area contributed by atoms with Crippen molar-refractivity contribution in [2.24, 2.45) is 11.3 Å². The maximum atomic E-state index is 11.0. The standard InChI is InChI=1S/C13H20O2/c14-12(15)10-13(8-4-5-9-13)11-6-2-1-3-7-11/h4,8,11H,1-3,5-7,9-10H2,(H,14,15). The number of hydrogen-bond donors (Lipinski definition) is 1. The van der Waals surface area contributed by atoms with Gasteiger partial charge >= 0.3 is 5.97 Å². The van der Waals surface area contributed by atoms with E-state index in [4.69, 9.17) is 5.11 Å². The second-order valence-electron chi connectivity index (χ2n) is 5.08. The van der Waals surface area contributed by atoms with Crippen molar-refractivity contribution >= 4 is 5.97 Å². The molecule has 0 bridgehead atoms. The summed E-state index contributed by atoms with van der Waals surface area (Å²) in [7, 11) is 0. The smallest absolute Gasteiger partial charge is 0.304 e. The Morgan fingerprint density at radius 2 is 2.07 bits per heavy atom. The highest BCUT2D eigenvalue weighted by Gasteiger charge is 2.40. The molecule has 1 saturated carbocycles. The van der Waals surface area contributed by atoms with E-state index >= 15 is 0 Å². The Morgan fingerprint density at radius 3 is 2.60 bits per heavy atom. The maximum Gasteiger partial charge on any atom is 0.304 e. The lowest BCUT2D eigenvalue weighted by atomic mass is 9.66. The minimum absolute atomic E-state index is 0.00620. The zero-order valence-electron chi connectivity index (χ0n) is 9.24. The number of carbonyl (C=O) groups is 1. The molecule has 2 nitrogen and oxygen atoms in total. The summed E-state index contributed by atoms with van der Waals surface area (Å²) >= 11 is 0. The molecular weight excluding hydrogens is 188 g/mol. The van der Waals surface area contributed by atoms with Crippen LogP contribution in [0.2, 0.25) is 0 Å². The van der Waals surface area contributed by atoms with Crippen LogP contribution in [0.25, 0.3) is 0 Å². The van der Waals surface area contributed by atoms with Gasteiger partial charge < -0.3 is 5.11 Å². The van der Waals surface area contributed by atoms with Crippen LogP contribution in [-0.2, 0) is 4.79 Å². The average Bonchev–Trinajstić information content (AvgIpc) is 2.68. The van der Waals surface area contributed by atoms with Crippen LogP contribution in [0.5, 0.6) is 0 Å². The van der Waals surface area contributed by atoms with Gasteiger partial charge in [0.05, 0.1) is 6.42 Å². The van der Waals surface area contributed by atoms with Crippen LogP contribution in [-0.4, -0.2) is 11.1 Å². The fourth-order valence-corrected chi connectivity index (χ4v) is 3.34. The molecule has 1 N–H and O–H groups in total. The third-order valence-electron chi connectivity index (χ3n) is 4.12. The Labute approximate surface area is 91.4 Å². The Kier molecular flexibility index (Phi) is 3.13. The molecule has 2 aliphatic carbocycles. The van der Waals surface area contributed by atoms with E-state index in [2.05, 4.69) is 12.2 Å². The molecule has 15 heavy (non-hydrogen) atoms. The van der Waals surface area contributed by atoms with Crippen molar-refractivity contribution in [3.63, 3.8) is 0 Å². The third kappa shape index (κ3) is 2.24. The molecule has 0 aromatic carbocycles. The van der Waals surface area contributed by atoms with E-state index in [1.54, 1.807) is 0 Å². The van der Waals surface area contributed by atoms with Crippen LogP contribution in [0, 0.1) is 11.3 Å². The lowest BCUT2D eigenvalue weighted by Gasteiger charge is -2.37. The van der Waals surface area contributed by atoms with E-state index in [0.717, 1.165) is 12.8 Å². The van der Waals surface area contributed by atoms with Gasteiger partial charge in [-0.1, -0.05) is 31.4 Å². The summed E-state index contributed by atoms with van der Waals surface area (Å²) < 4.78 is 0. The fourth-order valence-electron chi connectivity index (χ4n) is 3.34. The zero-order valence-corrected chi connectivity index (χ0v) is 9.24. The van der Waals surface area contributed by atoms with Crippen LogP contribution < -0.4 is 0 Å². The highest BCUT2D eigenvalue weighted by atomic mass is 16.4. The molecule has 0 aromatic heterocycles. The van der Waals surface area contributed by atoms with E-state index in [0.29, 0.717) is 12.3 Å². The molecular formula is C13H20O2. The molecule has 84 valence electrons. The second-order valence-corrected chi connectivity index (χ2v) is 5.08. The van der Waals surface area contributed by atoms with Gasteiger partial charge in [-0.3, -0.25) is 4.79 Å². The van der Waals surface area contributed by atoms with Gasteiger partial charge in [0.15, 0.2) is 0 Å². The molecule has 1 fully saturated rings. The predicted molar refractivity (Wildman–Crippen MR) is 59.6 cm³/mol.